The van der Waals surface area contributed by atoms with Crippen molar-refractivity contribution < 1.29 is 14.4 Å². The molecule has 0 spiro atoms. The summed E-state index contributed by atoms with van der Waals surface area (Å²) < 4.78 is 0. The normalized spacial score (nSPS) is 14.0. The van der Waals surface area contributed by atoms with Gasteiger partial charge in [0, 0.05) is 37.9 Å². The molecule has 0 unspecified atom stereocenters. The van der Waals surface area contributed by atoms with Gasteiger partial charge in [-0.1, -0.05) is 12.1 Å². The summed E-state index contributed by atoms with van der Waals surface area (Å²) in [6.45, 7) is 1.67. The Morgan fingerprint density at radius 3 is 2.77 bits per heavy atom. The Bertz CT molecular complexity index is 766. The van der Waals surface area contributed by atoms with Crippen LogP contribution in [-0.2, 0) is 9.59 Å². The molecular formula is C18H21N5O3. The van der Waals surface area contributed by atoms with Crippen LogP contribution in [0.15, 0.2) is 36.0 Å². The van der Waals surface area contributed by atoms with Gasteiger partial charge in [0.25, 0.3) is 11.8 Å². The van der Waals surface area contributed by atoms with Gasteiger partial charge in [-0.3, -0.25) is 14.4 Å². The first-order valence-electron chi connectivity index (χ1n) is 8.34. The van der Waals surface area contributed by atoms with Crippen LogP contribution < -0.4 is 16.4 Å². The number of nitrogen functional groups attached to an aromatic ring is 1. The fourth-order valence-electron chi connectivity index (χ4n) is 2.58. The van der Waals surface area contributed by atoms with Crippen molar-refractivity contribution in [2.45, 2.75) is 19.3 Å². The van der Waals surface area contributed by atoms with E-state index in [9.17, 15) is 14.4 Å². The zero-order valence-corrected chi connectivity index (χ0v) is 14.3. The number of anilines is 1. The molecule has 1 saturated heterocycles. The van der Waals surface area contributed by atoms with Crippen molar-refractivity contribution >= 4 is 23.4 Å². The van der Waals surface area contributed by atoms with Crippen LogP contribution in [0.25, 0.3) is 0 Å². The third kappa shape index (κ3) is 5.08. The number of hydrogen-bond donors (Lipinski definition) is 3. The van der Waals surface area contributed by atoms with E-state index in [1.807, 2.05) is 0 Å². The summed E-state index contributed by atoms with van der Waals surface area (Å²) in [5.41, 5.74) is 6.06. The lowest BCUT2D eigenvalue weighted by Crippen LogP contribution is -2.31. The Morgan fingerprint density at radius 2 is 2.12 bits per heavy atom. The van der Waals surface area contributed by atoms with Crippen molar-refractivity contribution in [1.29, 1.82) is 5.26 Å². The molecule has 1 aliphatic heterocycles. The summed E-state index contributed by atoms with van der Waals surface area (Å²) in [5, 5.41) is 14.1. The van der Waals surface area contributed by atoms with Gasteiger partial charge in [-0.15, -0.1) is 0 Å². The van der Waals surface area contributed by atoms with E-state index in [0.717, 1.165) is 19.2 Å². The molecule has 1 fully saturated rings. The van der Waals surface area contributed by atoms with Crippen molar-refractivity contribution in [3.05, 3.63) is 41.6 Å². The summed E-state index contributed by atoms with van der Waals surface area (Å²) >= 11 is 0. The maximum atomic E-state index is 12.0. The number of benzene rings is 1. The fraction of sp³-hybridized carbons (Fsp3) is 0.333. The molecule has 0 radical (unpaired) electrons. The van der Waals surface area contributed by atoms with E-state index in [1.165, 1.54) is 0 Å². The van der Waals surface area contributed by atoms with E-state index < -0.39 is 11.8 Å². The quantitative estimate of drug-likeness (QED) is 0.284. The molecule has 2 rings (SSSR count). The predicted octanol–water partition coefficient (Wildman–Crippen LogP) is 0.535. The van der Waals surface area contributed by atoms with E-state index >= 15 is 0 Å². The molecule has 8 heteroatoms. The first kappa shape index (κ1) is 19.0. The van der Waals surface area contributed by atoms with Crippen LogP contribution in [0.2, 0.25) is 0 Å². The van der Waals surface area contributed by atoms with E-state index in [4.69, 9.17) is 11.0 Å². The van der Waals surface area contributed by atoms with Gasteiger partial charge in [0.15, 0.2) is 0 Å². The molecule has 1 heterocycles. The highest BCUT2D eigenvalue weighted by atomic mass is 16.2. The molecule has 0 bridgehead atoms. The molecule has 1 aromatic carbocycles. The highest BCUT2D eigenvalue weighted by Gasteiger charge is 2.19. The number of para-hydroxylation sites is 1. The number of nitrogens with one attached hydrogen (secondary N) is 2. The highest BCUT2D eigenvalue weighted by Crippen LogP contribution is 2.10. The first-order valence-corrected chi connectivity index (χ1v) is 8.34. The zero-order valence-electron chi connectivity index (χ0n) is 14.3. The van der Waals surface area contributed by atoms with Gasteiger partial charge in [-0.2, -0.15) is 5.26 Å². The molecule has 1 aromatic rings. The lowest BCUT2D eigenvalue weighted by molar-refractivity contribution is -0.127. The van der Waals surface area contributed by atoms with Gasteiger partial charge in [0.1, 0.15) is 11.6 Å². The Kier molecular flexibility index (Phi) is 6.74. The third-order valence-electron chi connectivity index (χ3n) is 3.98. The molecule has 4 N–H and O–H groups in total. The molecule has 0 saturated carbocycles. The molecule has 0 atom stereocenters. The molecule has 1 aliphatic rings. The monoisotopic (exact) mass is 355 g/mol. The Morgan fingerprint density at radius 1 is 1.35 bits per heavy atom. The minimum atomic E-state index is -0.582. The van der Waals surface area contributed by atoms with Crippen molar-refractivity contribution in [3.63, 3.8) is 0 Å². The number of carbonyl (C=O) groups excluding carboxylic acids is 3. The topological polar surface area (TPSA) is 128 Å². The molecule has 0 aliphatic carbocycles. The van der Waals surface area contributed by atoms with Crippen molar-refractivity contribution in [2.75, 3.05) is 25.4 Å². The fourth-order valence-corrected chi connectivity index (χ4v) is 2.58. The second kappa shape index (κ2) is 9.22. The zero-order chi connectivity index (χ0) is 18.9. The highest BCUT2D eigenvalue weighted by molar-refractivity contribution is 6.01. The van der Waals surface area contributed by atoms with Crippen LogP contribution in [0.5, 0.6) is 0 Å². The number of amides is 3. The molecule has 26 heavy (non-hydrogen) atoms. The molecule has 0 aromatic heterocycles. The summed E-state index contributed by atoms with van der Waals surface area (Å²) in [7, 11) is 0. The Hall–Kier alpha value is -3.34. The third-order valence-corrected chi connectivity index (χ3v) is 3.98. The van der Waals surface area contributed by atoms with E-state index in [1.54, 1.807) is 35.2 Å². The molecule has 136 valence electrons. The van der Waals surface area contributed by atoms with Crippen LogP contribution in [0.4, 0.5) is 5.69 Å². The van der Waals surface area contributed by atoms with Gasteiger partial charge >= 0.3 is 0 Å². The second-order valence-electron chi connectivity index (χ2n) is 5.82. The van der Waals surface area contributed by atoms with Gasteiger partial charge in [0.2, 0.25) is 5.91 Å². The average molecular weight is 355 g/mol. The number of nitrogens with zero attached hydrogens (tertiary/aromatic N) is 2. The van der Waals surface area contributed by atoms with Gasteiger partial charge in [-0.05, 0) is 25.0 Å². The summed E-state index contributed by atoms with van der Waals surface area (Å²) in [6.07, 6.45) is 3.12. The van der Waals surface area contributed by atoms with Crippen LogP contribution in [0, 0.1) is 11.3 Å². The SMILES string of the molecule is N#C/C(=C/NC(=O)c1ccccc1N)C(=O)NCCCN1CCCC1=O. The number of carbonyl (C=O) groups is 3. The van der Waals surface area contributed by atoms with Crippen molar-refractivity contribution in [3.8, 4) is 6.07 Å². The average Bonchev–Trinajstić information content (AvgIpc) is 3.04. The van der Waals surface area contributed by atoms with Gasteiger partial charge < -0.3 is 21.3 Å². The second-order valence-corrected chi connectivity index (χ2v) is 5.82. The predicted molar refractivity (Wildman–Crippen MR) is 95.5 cm³/mol. The number of hydrogen-bond acceptors (Lipinski definition) is 5. The molecule has 3 amide bonds. The number of nitrogens with two attached hydrogens (primary N) is 1. The summed E-state index contributed by atoms with van der Waals surface area (Å²) in [6, 6.07) is 8.25. The van der Waals surface area contributed by atoms with Crippen LogP contribution in [0.1, 0.15) is 29.6 Å². The van der Waals surface area contributed by atoms with Crippen LogP contribution >= 0.6 is 0 Å². The van der Waals surface area contributed by atoms with E-state index in [2.05, 4.69) is 10.6 Å². The van der Waals surface area contributed by atoms with Crippen molar-refractivity contribution in [2.24, 2.45) is 0 Å². The van der Waals surface area contributed by atoms with Crippen LogP contribution in [-0.4, -0.2) is 42.3 Å². The van der Waals surface area contributed by atoms with E-state index in [-0.39, 0.29) is 17.0 Å². The smallest absolute Gasteiger partial charge is 0.263 e. The number of likely N-dealkylation sites (tertiary alicyclic amines) is 1. The van der Waals surface area contributed by atoms with Crippen molar-refractivity contribution in [1.82, 2.24) is 15.5 Å². The van der Waals surface area contributed by atoms with E-state index in [0.29, 0.717) is 31.6 Å². The minimum absolute atomic E-state index is 0.136. The number of nitriles is 1. The molecule has 8 nitrogen and oxygen atoms in total. The first-order chi connectivity index (χ1) is 12.5. The summed E-state index contributed by atoms with van der Waals surface area (Å²) in [4.78, 5) is 37.3. The van der Waals surface area contributed by atoms with Crippen LogP contribution in [0.3, 0.4) is 0 Å². The standard InChI is InChI=1S/C18H21N5O3/c19-11-13(12-22-18(26)14-5-1-2-6-15(14)20)17(25)21-8-4-10-23-9-3-7-16(23)24/h1-2,5-6,12H,3-4,7-10,20H2,(H,21,25)(H,22,26)/b13-12-. The maximum Gasteiger partial charge on any atom is 0.263 e. The Balaban J connectivity index is 1.81. The van der Waals surface area contributed by atoms with Gasteiger partial charge in [-0.25, -0.2) is 0 Å². The number of rotatable bonds is 7. The maximum absolute atomic E-state index is 12.0. The minimum Gasteiger partial charge on any atom is -0.398 e. The molecular weight excluding hydrogens is 334 g/mol. The van der Waals surface area contributed by atoms with Gasteiger partial charge in [0.05, 0.1) is 5.56 Å². The largest absolute Gasteiger partial charge is 0.398 e. The lowest BCUT2D eigenvalue weighted by Gasteiger charge is -2.15. The lowest BCUT2D eigenvalue weighted by atomic mass is 10.1. The summed E-state index contributed by atoms with van der Waals surface area (Å²) in [5.74, 6) is -0.949. The Labute approximate surface area is 151 Å².